The minimum absolute atomic E-state index is 0.112. The molecule has 0 aliphatic rings. The summed E-state index contributed by atoms with van der Waals surface area (Å²) in [5.41, 5.74) is 0.545. The molecule has 1 aromatic heterocycles. The molecule has 0 spiro atoms. The average Bonchev–Trinajstić information content (AvgIpc) is 3.17. The van der Waals surface area contributed by atoms with Crippen LogP contribution in [-0.2, 0) is 24.3 Å². The smallest absolute Gasteiger partial charge is 0.307 e. The van der Waals surface area contributed by atoms with Gasteiger partial charge in [0.25, 0.3) is 5.91 Å². The van der Waals surface area contributed by atoms with Gasteiger partial charge in [-0.15, -0.1) is 11.3 Å². The number of benzene rings is 1. The highest BCUT2D eigenvalue weighted by molar-refractivity contribution is 7.91. The fourth-order valence-corrected chi connectivity index (χ4v) is 4.06. The molecular formula is C17H20N2O6S2. The number of rotatable bonds is 10. The summed E-state index contributed by atoms with van der Waals surface area (Å²) < 4.78 is 36.4. The number of ether oxygens (including phenoxy) is 2. The van der Waals surface area contributed by atoms with Gasteiger partial charge in [-0.3, -0.25) is 9.59 Å². The van der Waals surface area contributed by atoms with E-state index in [1.54, 1.807) is 35.7 Å². The molecule has 2 aromatic rings. The van der Waals surface area contributed by atoms with Crippen LogP contribution in [0.1, 0.15) is 13.3 Å². The molecule has 0 fully saturated rings. The Morgan fingerprint density at radius 2 is 1.89 bits per heavy atom. The van der Waals surface area contributed by atoms with Crippen molar-refractivity contribution < 1.29 is 27.5 Å². The zero-order chi connectivity index (χ0) is 19.7. The number of amides is 1. The van der Waals surface area contributed by atoms with Gasteiger partial charge in [-0.1, -0.05) is 6.07 Å². The molecule has 10 heteroatoms. The molecular weight excluding hydrogens is 392 g/mol. The van der Waals surface area contributed by atoms with E-state index in [-0.39, 0.29) is 17.2 Å². The Kier molecular flexibility index (Phi) is 7.77. The van der Waals surface area contributed by atoms with E-state index in [4.69, 9.17) is 9.47 Å². The first-order valence-corrected chi connectivity index (χ1v) is 10.5. The van der Waals surface area contributed by atoms with Gasteiger partial charge in [-0.2, -0.15) is 0 Å². The maximum Gasteiger partial charge on any atom is 0.307 e. The average molecular weight is 412 g/mol. The van der Waals surface area contributed by atoms with Crippen LogP contribution in [-0.4, -0.2) is 40.1 Å². The number of hydrogen-bond acceptors (Lipinski definition) is 7. The van der Waals surface area contributed by atoms with Crippen LogP contribution in [0.25, 0.3) is 0 Å². The number of thiophene rings is 1. The van der Waals surface area contributed by atoms with Crippen LogP contribution < -0.4 is 14.8 Å². The minimum Gasteiger partial charge on any atom is -0.494 e. The Morgan fingerprint density at radius 3 is 2.52 bits per heavy atom. The summed E-state index contributed by atoms with van der Waals surface area (Å²) in [6.07, 6.45) is -0.180. The van der Waals surface area contributed by atoms with E-state index in [1.807, 2.05) is 6.92 Å². The fourth-order valence-electron chi connectivity index (χ4n) is 1.99. The first kappa shape index (κ1) is 20.9. The second kappa shape index (κ2) is 10.0. The highest BCUT2D eigenvalue weighted by Crippen LogP contribution is 2.16. The van der Waals surface area contributed by atoms with Crippen molar-refractivity contribution in [3.63, 3.8) is 0 Å². The molecule has 0 aliphatic carbocycles. The molecule has 1 amide bonds. The van der Waals surface area contributed by atoms with Crippen LogP contribution in [0.15, 0.2) is 46.0 Å². The number of carbonyl (C=O) groups is 2. The summed E-state index contributed by atoms with van der Waals surface area (Å²) in [5.74, 6) is -0.482. The Morgan fingerprint density at radius 1 is 1.15 bits per heavy atom. The molecule has 0 atom stereocenters. The molecule has 1 aromatic carbocycles. The molecule has 2 N–H and O–H groups in total. The van der Waals surface area contributed by atoms with Crippen LogP contribution in [0.2, 0.25) is 0 Å². The third kappa shape index (κ3) is 7.00. The molecule has 8 nitrogen and oxygen atoms in total. The largest absolute Gasteiger partial charge is 0.494 e. The van der Waals surface area contributed by atoms with Gasteiger partial charge in [-0.05, 0) is 42.6 Å². The normalized spacial score (nSPS) is 11.0. The first-order valence-electron chi connectivity index (χ1n) is 8.12. The monoisotopic (exact) mass is 412 g/mol. The molecule has 0 radical (unpaired) electrons. The van der Waals surface area contributed by atoms with Crippen LogP contribution in [0, 0.1) is 0 Å². The zero-order valence-corrected chi connectivity index (χ0v) is 16.3. The van der Waals surface area contributed by atoms with Crippen molar-refractivity contribution in [1.82, 2.24) is 4.72 Å². The lowest BCUT2D eigenvalue weighted by atomic mass is 10.3. The van der Waals surface area contributed by atoms with Crippen LogP contribution in [0.5, 0.6) is 5.75 Å². The van der Waals surface area contributed by atoms with Gasteiger partial charge >= 0.3 is 5.97 Å². The van der Waals surface area contributed by atoms with Crippen LogP contribution in [0.3, 0.4) is 0 Å². The predicted octanol–water partition coefficient (Wildman–Crippen LogP) is 2.00. The summed E-state index contributed by atoms with van der Waals surface area (Å²) in [7, 11) is -3.62. The minimum atomic E-state index is -3.62. The Labute approximate surface area is 161 Å². The lowest BCUT2D eigenvalue weighted by Gasteiger charge is -2.08. The summed E-state index contributed by atoms with van der Waals surface area (Å²) in [6.45, 7) is 1.85. The molecule has 0 bridgehead atoms. The Bertz CT molecular complexity index is 848. The van der Waals surface area contributed by atoms with E-state index < -0.39 is 28.5 Å². The van der Waals surface area contributed by atoms with Crippen molar-refractivity contribution in [2.75, 3.05) is 25.1 Å². The Hall–Kier alpha value is -2.43. The van der Waals surface area contributed by atoms with E-state index >= 15 is 0 Å². The number of carbonyl (C=O) groups excluding carboxylic acids is 2. The van der Waals surface area contributed by atoms with Crippen molar-refractivity contribution in [3.8, 4) is 5.75 Å². The maximum atomic E-state index is 11.9. The summed E-state index contributed by atoms with van der Waals surface area (Å²) in [4.78, 5) is 23.4. The van der Waals surface area contributed by atoms with E-state index in [0.717, 1.165) is 11.3 Å². The maximum absolute atomic E-state index is 11.9. The quantitative estimate of drug-likeness (QED) is 0.578. The molecule has 27 heavy (non-hydrogen) atoms. The number of esters is 1. The van der Waals surface area contributed by atoms with E-state index in [1.165, 1.54) is 6.07 Å². The third-order valence-electron chi connectivity index (χ3n) is 3.19. The number of nitrogens with one attached hydrogen (secondary N) is 2. The second-order valence-corrected chi connectivity index (χ2v) is 8.19. The van der Waals surface area contributed by atoms with Gasteiger partial charge < -0.3 is 14.8 Å². The van der Waals surface area contributed by atoms with Gasteiger partial charge in [0.05, 0.1) is 13.0 Å². The molecule has 0 unspecified atom stereocenters. The van der Waals surface area contributed by atoms with E-state index in [9.17, 15) is 18.0 Å². The van der Waals surface area contributed by atoms with Gasteiger partial charge in [0.15, 0.2) is 6.61 Å². The highest BCUT2D eigenvalue weighted by Gasteiger charge is 2.15. The predicted molar refractivity (Wildman–Crippen MR) is 101 cm³/mol. The van der Waals surface area contributed by atoms with E-state index in [2.05, 4.69) is 10.0 Å². The Balaban J connectivity index is 1.68. The standard InChI is InChI=1S/C17H20N2O6S2/c1-2-24-14-7-5-13(6-8-14)19-15(20)12-25-16(21)9-10-18-27(22,23)17-4-3-11-26-17/h3-8,11,18H,2,9-10,12H2,1H3,(H,19,20). The van der Waals surface area contributed by atoms with E-state index in [0.29, 0.717) is 18.0 Å². The second-order valence-electron chi connectivity index (χ2n) is 5.25. The third-order valence-corrected chi connectivity index (χ3v) is 6.05. The van der Waals surface area contributed by atoms with Crippen molar-refractivity contribution in [2.24, 2.45) is 0 Å². The van der Waals surface area contributed by atoms with Gasteiger partial charge in [-0.25, -0.2) is 13.1 Å². The number of anilines is 1. The van der Waals surface area contributed by atoms with Crippen LogP contribution >= 0.6 is 11.3 Å². The zero-order valence-electron chi connectivity index (χ0n) is 14.6. The highest BCUT2D eigenvalue weighted by atomic mass is 32.2. The van der Waals surface area contributed by atoms with Gasteiger partial charge in [0.1, 0.15) is 9.96 Å². The van der Waals surface area contributed by atoms with Gasteiger partial charge in [0.2, 0.25) is 10.0 Å². The molecule has 0 saturated carbocycles. The van der Waals surface area contributed by atoms with Crippen LogP contribution in [0.4, 0.5) is 5.69 Å². The van der Waals surface area contributed by atoms with Crippen molar-refractivity contribution in [1.29, 1.82) is 0 Å². The van der Waals surface area contributed by atoms with Crippen molar-refractivity contribution >= 4 is 38.9 Å². The fraction of sp³-hybridized carbons (Fsp3) is 0.294. The summed E-state index contributed by atoms with van der Waals surface area (Å²) >= 11 is 1.08. The number of sulfonamides is 1. The SMILES string of the molecule is CCOc1ccc(NC(=O)COC(=O)CCNS(=O)(=O)c2cccs2)cc1. The molecule has 146 valence electrons. The molecule has 1 heterocycles. The molecule has 2 rings (SSSR count). The first-order chi connectivity index (χ1) is 12.9. The lowest BCUT2D eigenvalue weighted by Crippen LogP contribution is -2.27. The summed E-state index contributed by atoms with van der Waals surface area (Å²) in [5, 5.41) is 4.23. The molecule has 0 saturated heterocycles. The van der Waals surface area contributed by atoms with Gasteiger partial charge in [0, 0.05) is 12.2 Å². The molecule has 0 aliphatic heterocycles. The van der Waals surface area contributed by atoms with Crippen molar-refractivity contribution in [2.45, 2.75) is 17.6 Å². The topological polar surface area (TPSA) is 111 Å². The summed E-state index contributed by atoms with van der Waals surface area (Å²) in [6, 6.07) is 9.86. The lowest BCUT2D eigenvalue weighted by molar-refractivity contribution is -0.147. The number of hydrogen-bond donors (Lipinski definition) is 2. The van der Waals surface area contributed by atoms with Crippen molar-refractivity contribution in [3.05, 3.63) is 41.8 Å².